The third-order valence-corrected chi connectivity index (χ3v) is 4.43. The number of hydrogen-bond donors (Lipinski definition) is 2. The summed E-state index contributed by atoms with van der Waals surface area (Å²) in [6.45, 7) is 6.85. The fraction of sp³-hybridized carbons (Fsp3) is 0.526. The summed E-state index contributed by atoms with van der Waals surface area (Å²) in [6.07, 6.45) is 1.04. The number of nitrogens with zero attached hydrogens (tertiary/aromatic N) is 1. The van der Waals surface area contributed by atoms with Gasteiger partial charge in [-0.3, -0.25) is 9.59 Å². The molecule has 6 nitrogen and oxygen atoms in total. The van der Waals surface area contributed by atoms with Crippen molar-refractivity contribution in [1.82, 2.24) is 10.2 Å². The van der Waals surface area contributed by atoms with Crippen LogP contribution in [0.3, 0.4) is 0 Å². The van der Waals surface area contributed by atoms with Gasteiger partial charge < -0.3 is 15.3 Å². The summed E-state index contributed by atoms with van der Waals surface area (Å²) in [5.41, 5.74) is -0.904. The Hall–Kier alpha value is -2.37. The minimum absolute atomic E-state index is 0.0147. The van der Waals surface area contributed by atoms with Gasteiger partial charge in [-0.25, -0.2) is 4.79 Å². The van der Waals surface area contributed by atoms with Gasteiger partial charge in [0.25, 0.3) is 0 Å². The highest BCUT2D eigenvalue weighted by Gasteiger charge is 2.39. The summed E-state index contributed by atoms with van der Waals surface area (Å²) in [5, 5.41) is 12.4. The molecule has 138 valence electrons. The number of nitrogens with one attached hydrogen (secondary N) is 1. The van der Waals surface area contributed by atoms with Crippen LogP contribution in [0.2, 0.25) is 0 Å². The van der Waals surface area contributed by atoms with Crippen LogP contribution in [0.15, 0.2) is 30.3 Å². The van der Waals surface area contributed by atoms with Crippen molar-refractivity contribution >= 4 is 17.8 Å². The second-order valence-electron chi connectivity index (χ2n) is 5.90. The first-order valence-corrected chi connectivity index (χ1v) is 8.78. The van der Waals surface area contributed by atoms with E-state index in [1.165, 1.54) is 0 Å². The highest BCUT2D eigenvalue weighted by molar-refractivity contribution is 5.88. The van der Waals surface area contributed by atoms with Crippen molar-refractivity contribution in [3.8, 4) is 0 Å². The summed E-state index contributed by atoms with van der Waals surface area (Å²) in [5.74, 6) is -1.44. The molecule has 1 atom stereocenters. The zero-order valence-electron chi connectivity index (χ0n) is 15.2. The van der Waals surface area contributed by atoms with Gasteiger partial charge in [0.05, 0.1) is 0 Å². The summed E-state index contributed by atoms with van der Waals surface area (Å²) < 4.78 is 0. The lowest BCUT2D eigenvalue weighted by atomic mass is 9.87. The van der Waals surface area contributed by atoms with E-state index in [-0.39, 0.29) is 31.1 Å². The topological polar surface area (TPSA) is 86.7 Å². The van der Waals surface area contributed by atoms with Gasteiger partial charge in [0.15, 0.2) is 5.54 Å². The maximum Gasteiger partial charge on any atom is 0.334 e. The summed E-state index contributed by atoms with van der Waals surface area (Å²) >= 11 is 0. The second kappa shape index (κ2) is 9.81. The Kier molecular flexibility index (Phi) is 8.11. The SMILES string of the molecule is CCN(CC)C(=O)CCCC(=O)NC(CC)(C(=O)O)c1ccccc1. The van der Waals surface area contributed by atoms with Gasteiger partial charge in [-0.15, -0.1) is 0 Å². The van der Waals surface area contributed by atoms with E-state index in [9.17, 15) is 19.5 Å². The highest BCUT2D eigenvalue weighted by Crippen LogP contribution is 2.25. The van der Waals surface area contributed by atoms with Gasteiger partial charge in [-0.2, -0.15) is 0 Å². The quantitative estimate of drug-likeness (QED) is 0.680. The molecule has 0 bridgehead atoms. The zero-order valence-corrected chi connectivity index (χ0v) is 15.2. The van der Waals surface area contributed by atoms with E-state index in [1.807, 2.05) is 13.8 Å². The third kappa shape index (κ3) is 5.31. The lowest BCUT2D eigenvalue weighted by Gasteiger charge is -2.30. The number of rotatable bonds is 10. The molecule has 0 aromatic heterocycles. The molecule has 0 spiro atoms. The van der Waals surface area contributed by atoms with Crippen LogP contribution in [0.5, 0.6) is 0 Å². The third-order valence-electron chi connectivity index (χ3n) is 4.43. The maximum absolute atomic E-state index is 12.3. The average molecular weight is 348 g/mol. The van der Waals surface area contributed by atoms with Crippen molar-refractivity contribution in [3.63, 3.8) is 0 Å². The normalized spacial score (nSPS) is 12.9. The van der Waals surface area contributed by atoms with Gasteiger partial charge in [0, 0.05) is 25.9 Å². The molecule has 1 aromatic carbocycles. The molecule has 6 heteroatoms. The van der Waals surface area contributed by atoms with Crippen LogP contribution in [0.25, 0.3) is 0 Å². The van der Waals surface area contributed by atoms with Gasteiger partial charge in [0.2, 0.25) is 11.8 Å². The Bertz CT molecular complexity index is 584. The molecule has 0 aliphatic heterocycles. The Labute approximate surface area is 149 Å². The molecule has 0 aliphatic rings. The van der Waals surface area contributed by atoms with Crippen molar-refractivity contribution in [3.05, 3.63) is 35.9 Å². The molecule has 0 heterocycles. The van der Waals surface area contributed by atoms with E-state index in [4.69, 9.17) is 0 Å². The molecule has 0 saturated carbocycles. The molecular formula is C19H28N2O4. The van der Waals surface area contributed by atoms with Gasteiger partial charge in [-0.05, 0) is 32.3 Å². The Morgan fingerprint density at radius 2 is 1.64 bits per heavy atom. The first kappa shape index (κ1) is 20.7. The van der Waals surface area contributed by atoms with E-state index in [0.717, 1.165) is 0 Å². The number of carbonyl (C=O) groups excluding carboxylic acids is 2. The van der Waals surface area contributed by atoms with Gasteiger partial charge in [-0.1, -0.05) is 37.3 Å². The number of amides is 2. The van der Waals surface area contributed by atoms with Crippen molar-refractivity contribution in [2.75, 3.05) is 13.1 Å². The molecule has 1 aromatic rings. The molecule has 25 heavy (non-hydrogen) atoms. The lowest BCUT2D eigenvalue weighted by molar-refractivity contribution is -0.148. The van der Waals surface area contributed by atoms with E-state index in [2.05, 4.69) is 5.32 Å². The molecular weight excluding hydrogens is 320 g/mol. The second-order valence-corrected chi connectivity index (χ2v) is 5.90. The summed E-state index contributed by atoms with van der Waals surface area (Å²) in [4.78, 5) is 37.8. The van der Waals surface area contributed by atoms with Gasteiger partial charge >= 0.3 is 5.97 Å². The number of hydrogen-bond acceptors (Lipinski definition) is 3. The molecule has 1 rings (SSSR count). The molecule has 2 N–H and O–H groups in total. The Morgan fingerprint density at radius 3 is 2.12 bits per heavy atom. The van der Waals surface area contributed by atoms with Crippen LogP contribution in [0, 0.1) is 0 Å². The van der Waals surface area contributed by atoms with Gasteiger partial charge in [0.1, 0.15) is 0 Å². The largest absolute Gasteiger partial charge is 0.479 e. The summed E-state index contributed by atoms with van der Waals surface area (Å²) in [7, 11) is 0. The number of benzene rings is 1. The molecule has 0 fully saturated rings. The average Bonchev–Trinajstić information content (AvgIpc) is 2.61. The molecule has 1 unspecified atom stereocenters. The monoisotopic (exact) mass is 348 g/mol. The minimum atomic E-state index is -1.44. The van der Waals surface area contributed by atoms with Crippen LogP contribution < -0.4 is 5.32 Å². The van der Waals surface area contributed by atoms with Crippen LogP contribution >= 0.6 is 0 Å². The molecule has 2 amide bonds. The number of aliphatic carboxylic acids is 1. The van der Waals surface area contributed by atoms with Crippen LogP contribution in [-0.4, -0.2) is 40.9 Å². The van der Waals surface area contributed by atoms with E-state index in [1.54, 1.807) is 42.2 Å². The fourth-order valence-corrected chi connectivity index (χ4v) is 2.85. The van der Waals surface area contributed by atoms with Crippen molar-refractivity contribution in [2.24, 2.45) is 0 Å². The van der Waals surface area contributed by atoms with Crippen LogP contribution in [0.4, 0.5) is 0 Å². The van der Waals surface area contributed by atoms with E-state index < -0.39 is 11.5 Å². The minimum Gasteiger partial charge on any atom is -0.479 e. The van der Waals surface area contributed by atoms with Crippen molar-refractivity contribution in [2.45, 2.75) is 52.0 Å². The predicted molar refractivity (Wildman–Crippen MR) is 96.0 cm³/mol. The number of carboxylic acid groups (broad SMARTS) is 1. The van der Waals surface area contributed by atoms with Crippen molar-refractivity contribution in [1.29, 1.82) is 0 Å². The van der Waals surface area contributed by atoms with E-state index >= 15 is 0 Å². The Balaban J connectivity index is 2.71. The first-order valence-electron chi connectivity index (χ1n) is 8.78. The Morgan fingerprint density at radius 1 is 1.04 bits per heavy atom. The molecule has 0 radical (unpaired) electrons. The standard InChI is InChI=1S/C19H28N2O4/c1-4-19(18(24)25,15-11-8-7-9-12-15)20-16(22)13-10-14-17(23)21(5-2)6-3/h7-9,11-12H,4-6,10,13-14H2,1-3H3,(H,20,22)(H,24,25). The van der Waals surface area contributed by atoms with E-state index in [0.29, 0.717) is 25.1 Å². The molecule has 0 saturated heterocycles. The first-order chi connectivity index (χ1) is 11.9. The number of carboxylic acids is 1. The molecule has 0 aliphatic carbocycles. The van der Waals surface area contributed by atoms with Crippen LogP contribution in [-0.2, 0) is 19.9 Å². The number of carbonyl (C=O) groups is 3. The highest BCUT2D eigenvalue weighted by atomic mass is 16.4. The lowest BCUT2D eigenvalue weighted by Crippen LogP contribution is -2.51. The van der Waals surface area contributed by atoms with Crippen LogP contribution in [0.1, 0.15) is 52.0 Å². The smallest absolute Gasteiger partial charge is 0.334 e. The summed E-state index contributed by atoms with van der Waals surface area (Å²) in [6, 6.07) is 8.69. The van der Waals surface area contributed by atoms with Crippen molar-refractivity contribution < 1.29 is 19.5 Å². The fourth-order valence-electron chi connectivity index (χ4n) is 2.85. The predicted octanol–water partition coefficient (Wildman–Crippen LogP) is 2.53. The maximum atomic E-state index is 12.3. The zero-order chi connectivity index (χ0) is 18.9.